The van der Waals surface area contributed by atoms with Crippen LogP contribution in [0.1, 0.15) is 67.6 Å². The van der Waals surface area contributed by atoms with Crippen molar-refractivity contribution in [2.45, 2.75) is 24.7 Å². The number of nitrogens with one attached hydrogen (secondary N) is 2. The van der Waals surface area contributed by atoms with Gasteiger partial charge in [0.15, 0.2) is 0 Å². The van der Waals surface area contributed by atoms with E-state index in [1.54, 1.807) is 12.1 Å². The van der Waals surface area contributed by atoms with Crippen molar-refractivity contribution in [3.8, 4) is 0 Å². The number of non-ortho nitro benzene ring substituents is 2. The maximum absolute atomic E-state index is 13.4. The molecule has 2 amide bonds. The van der Waals surface area contributed by atoms with Crippen molar-refractivity contribution in [2.24, 2.45) is 0 Å². The van der Waals surface area contributed by atoms with Crippen molar-refractivity contribution in [3.05, 3.63) is 162 Å². The average Bonchev–Trinajstić information content (AvgIpc) is 3.05. The minimum absolute atomic E-state index is 0.106. The summed E-state index contributed by atoms with van der Waals surface area (Å²) in [4.78, 5) is 48.0. The van der Waals surface area contributed by atoms with Crippen LogP contribution < -0.4 is 10.6 Å². The zero-order valence-electron chi connectivity index (χ0n) is 23.2. The molecule has 10 nitrogen and oxygen atoms in total. The standard InChI is InChI=1S/C34H24N4O6/c39-33(19-9-13-21(14-10-19)37(41)42)35-27-17-18-28(36-34(40)20-11-15-22(16-12-20)38(43)44)32-30-24-6-2-1-5-23(24)29(31(27)32)25-7-3-4-8-26(25)30/h1-3,5-7,9-18,29-30H,4,8H2,(H,35,39)(H,36,40). The SMILES string of the molecule is O=C(Nc1ccc(NC(=O)c2ccc([N+](=O)[O-])cc2)c2c1C1C3=C(CCC=C3)C2c2ccccc21)c1ccc([N+](=O)[O-])cc1. The van der Waals surface area contributed by atoms with Crippen molar-refractivity contribution in [3.63, 3.8) is 0 Å². The Balaban J connectivity index is 1.33. The van der Waals surface area contributed by atoms with Gasteiger partial charge in [-0.1, -0.05) is 42.0 Å². The number of nitrogens with zero attached hydrogens (tertiary/aromatic N) is 2. The normalized spacial score (nSPS) is 17.3. The number of hydrogen-bond donors (Lipinski definition) is 2. The summed E-state index contributed by atoms with van der Waals surface area (Å²) in [5.74, 6) is -1.14. The van der Waals surface area contributed by atoms with E-state index in [0.29, 0.717) is 11.4 Å². The Labute approximate surface area is 251 Å². The van der Waals surface area contributed by atoms with Crippen LogP contribution in [0, 0.1) is 20.2 Å². The molecular weight excluding hydrogens is 560 g/mol. The van der Waals surface area contributed by atoms with Crippen LogP contribution in [0.3, 0.4) is 0 Å². The number of anilines is 2. The Bertz CT molecular complexity index is 1960. The van der Waals surface area contributed by atoms with E-state index in [1.165, 1.54) is 59.7 Å². The summed E-state index contributed by atoms with van der Waals surface area (Å²) in [7, 11) is 0. The lowest BCUT2D eigenvalue weighted by Crippen LogP contribution is -2.31. The summed E-state index contributed by atoms with van der Waals surface area (Å²) in [6.45, 7) is 0. The Morgan fingerprint density at radius 1 is 0.659 bits per heavy atom. The number of rotatable bonds is 6. The van der Waals surface area contributed by atoms with Gasteiger partial charge in [-0.3, -0.25) is 29.8 Å². The molecule has 0 saturated heterocycles. The first-order chi connectivity index (χ1) is 21.3. The van der Waals surface area contributed by atoms with E-state index in [4.69, 9.17) is 0 Å². The first kappa shape index (κ1) is 27.0. The zero-order chi connectivity index (χ0) is 30.5. The summed E-state index contributed by atoms with van der Waals surface area (Å²) < 4.78 is 0. The Kier molecular flexibility index (Phi) is 6.39. The summed E-state index contributed by atoms with van der Waals surface area (Å²) in [6, 6.07) is 22.6. The lowest BCUT2D eigenvalue weighted by Gasteiger charge is -2.45. The molecule has 216 valence electrons. The van der Waals surface area contributed by atoms with E-state index in [2.05, 4.69) is 34.9 Å². The van der Waals surface area contributed by atoms with E-state index < -0.39 is 21.7 Å². The lowest BCUT2D eigenvalue weighted by molar-refractivity contribution is -0.385. The summed E-state index contributed by atoms with van der Waals surface area (Å²) >= 11 is 0. The van der Waals surface area contributed by atoms with E-state index in [9.17, 15) is 29.8 Å². The number of benzene rings is 4. The highest BCUT2D eigenvalue weighted by atomic mass is 16.6. The fraction of sp³-hybridized carbons (Fsp3) is 0.118. The molecule has 2 unspecified atom stereocenters. The second kappa shape index (κ2) is 10.4. The first-order valence-corrected chi connectivity index (χ1v) is 14.1. The zero-order valence-corrected chi connectivity index (χ0v) is 23.2. The quantitative estimate of drug-likeness (QED) is 0.180. The molecule has 2 N–H and O–H groups in total. The second-order valence-electron chi connectivity index (χ2n) is 10.9. The van der Waals surface area contributed by atoms with Crippen molar-refractivity contribution >= 4 is 34.6 Å². The van der Waals surface area contributed by atoms with Gasteiger partial charge in [-0.15, -0.1) is 0 Å². The van der Waals surface area contributed by atoms with Gasteiger partial charge < -0.3 is 10.6 Å². The fourth-order valence-corrected chi connectivity index (χ4v) is 6.66. The number of carbonyl (C=O) groups is 2. The molecule has 2 bridgehead atoms. The highest BCUT2D eigenvalue weighted by Gasteiger charge is 2.45. The van der Waals surface area contributed by atoms with Crippen molar-refractivity contribution in [1.29, 1.82) is 0 Å². The highest BCUT2D eigenvalue weighted by Crippen LogP contribution is 2.61. The van der Waals surface area contributed by atoms with Crippen LogP contribution in [-0.4, -0.2) is 21.7 Å². The number of amides is 2. The molecule has 0 fully saturated rings. The maximum atomic E-state index is 13.4. The van der Waals surface area contributed by atoms with Gasteiger partial charge in [-0.25, -0.2) is 0 Å². The van der Waals surface area contributed by atoms with Crippen LogP contribution in [-0.2, 0) is 0 Å². The smallest absolute Gasteiger partial charge is 0.269 e. The molecule has 8 rings (SSSR count). The van der Waals surface area contributed by atoms with Crippen LogP contribution in [0.5, 0.6) is 0 Å². The summed E-state index contributed by atoms with van der Waals surface area (Å²) in [5, 5.41) is 28.3. The Morgan fingerprint density at radius 3 is 1.64 bits per heavy atom. The summed E-state index contributed by atoms with van der Waals surface area (Å²) in [6.07, 6.45) is 6.10. The topological polar surface area (TPSA) is 144 Å². The van der Waals surface area contributed by atoms with E-state index in [0.717, 1.165) is 35.1 Å². The lowest BCUT2D eigenvalue weighted by atomic mass is 9.58. The third kappa shape index (κ3) is 4.35. The fourth-order valence-electron chi connectivity index (χ4n) is 6.66. The van der Waals surface area contributed by atoms with Gasteiger partial charge in [0.2, 0.25) is 0 Å². The predicted octanol–water partition coefficient (Wildman–Crippen LogP) is 7.25. The van der Waals surface area contributed by atoms with Gasteiger partial charge in [-0.05, 0) is 77.1 Å². The third-order valence-corrected chi connectivity index (χ3v) is 8.57. The van der Waals surface area contributed by atoms with Crippen LogP contribution in [0.15, 0.2) is 108 Å². The van der Waals surface area contributed by atoms with E-state index in [1.807, 2.05) is 12.1 Å². The Hall–Kier alpha value is -5.90. The van der Waals surface area contributed by atoms with Gasteiger partial charge in [-0.2, -0.15) is 0 Å². The van der Waals surface area contributed by atoms with Gasteiger partial charge >= 0.3 is 0 Å². The molecule has 4 aromatic carbocycles. The molecular formula is C34H24N4O6. The predicted molar refractivity (Wildman–Crippen MR) is 164 cm³/mol. The van der Waals surface area contributed by atoms with E-state index in [-0.39, 0.29) is 34.3 Å². The van der Waals surface area contributed by atoms with Crippen LogP contribution in [0.2, 0.25) is 0 Å². The van der Waals surface area contributed by atoms with Gasteiger partial charge in [0.1, 0.15) is 0 Å². The summed E-state index contributed by atoms with van der Waals surface area (Å²) in [5.41, 5.74) is 8.09. The number of hydrogen-bond acceptors (Lipinski definition) is 6. The number of allylic oxidation sites excluding steroid dienone is 4. The molecule has 0 aliphatic heterocycles. The van der Waals surface area contributed by atoms with Gasteiger partial charge in [0.05, 0.1) is 9.85 Å². The Morgan fingerprint density at radius 2 is 1.14 bits per heavy atom. The minimum atomic E-state index is -0.515. The van der Waals surface area contributed by atoms with E-state index >= 15 is 0 Å². The molecule has 10 heteroatoms. The van der Waals surface area contributed by atoms with Crippen LogP contribution in [0.4, 0.5) is 22.7 Å². The molecule has 0 spiro atoms. The van der Waals surface area contributed by atoms with Crippen molar-refractivity contribution in [1.82, 2.24) is 0 Å². The molecule has 4 aliphatic carbocycles. The third-order valence-electron chi connectivity index (χ3n) is 8.57. The number of carbonyl (C=O) groups excluding carboxylic acids is 2. The highest BCUT2D eigenvalue weighted by molar-refractivity contribution is 6.07. The maximum Gasteiger partial charge on any atom is 0.269 e. The molecule has 0 saturated carbocycles. The number of nitro groups is 2. The van der Waals surface area contributed by atoms with Gasteiger partial charge in [0.25, 0.3) is 23.2 Å². The largest absolute Gasteiger partial charge is 0.322 e. The van der Waals surface area contributed by atoms with Gasteiger partial charge in [0, 0.05) is 58.6 Å². The minimum Gasteiger partial charge on any atom is -0.322 e. The molecule has 0 aromatic heterocycles. The first-order valence-electron chi connectivity index (χ1n) is 14.1. The van der Waals surface area contributed by atoms with Crippen LogP contribution >= 0.6 is 0 Å². The monoisotopic (exact) mass is 584 g/mol. The molecule has 2 atom stereocenters. The van der Waals surface area contributed by atoms with Crippen LogP contribution in [0.25, 0.3) is 0 Å². The molecule has 4 aromatic rings. The second-order valence-corrected chi connectivity index (χ2v) is 10.9. The molecule has 4 aliphatic rings. The molecule has 0 radical (unpaired) electrons. The number of nitro benzene ring substituents is 2. The average molecular weight is 585 g/mol. The van der Waals surface area contributed by atoms with Crippen molar-refractivity contribution in [2.75, 3.05) is 10.6 Å². The van der Waals surface area contributed by atoms with Crippen molar-refractivity contribution < 1.29 is 19.4 Å². The molecule has 44 heavy (non-hydrogen) atoms. The molecule has 0 heterocycles.